The fourth-order valence-electron chi connectivity index (χ4n) is 4.48. The van der Waals surface area contributed by atoms with Crippen LogP contribution in [0.1, 0.15) is 56.2 Å². The smallest absolute Gasteiger partial charge is 0.183 e. The quantitative estimate of drug-likeness (QED) is 0.143. The molecule has 0 unspecified atom stereocenters. The molecule has 0 spiro atoms. The van der Waals surface area contributed by atoms with Crippen LogP contribution in [0.4, 0.5) is 0 Å². The zero-order valence-corrected chi connectivity index (χ0v) is 24.1. The predicted molar refractivity (Wildman–Crippen MR) is 159 cm³/mol. The van der Waals surface area contributed by atoms with Gasteiger partial charge in [0.15, 0.2) is 5.11 Å². The Morgan fingerprint density at radius 3 is 1.29 bits per heavy atom. The van der Waals surface area contributed by atoms with E-state index in [1.54, 1.807) is 21.3 Å². The minimum Gasteiger partial charge on any atom is -0.497 e. The maximum atomic E-state index is 5.93. The molecule has 0 aliphatic rings. The highest BCUT2D eigenvalue weighted by atomic mass is 32.1. The first-order chi connectivity index (χ1) is 18.5. The average Bonchev–Trinajstić information content (AvgIpc) is 2.98. The molecule has 3 aromatic rings. The third-order valence-electron chi connectivity index (χ3n) is 6.78. The maximum Gasteiger partial charge on any atom is 0.183 e. The van der Waals surface area contributed by atoms with Crippen molar-refractivity contribution in [2.45, 2.75) is 45.1 Å². The number of unbranched alkanes of at least 4 members (excludes halogenated alkanes) is 2. The third kappa shape index (κ3) is 6.97. The maximum absolute atomic E-state index is 5.93. The Hall–Kier alpha value is -3.29. The largest absolute Gasteiger partial charge is 0.497 e. The van der Waals surface area contributed by atoms with Gasteiger partial charge in [0.05, 0.1) is 21.3 Å². The lowest BCUT2D eigenvalue weighted by atomic mass is 9.77. The molecule has 0 amide bonds. The van der Waals surface area contributed by atoms with Crippen LogP contribution in [0, 0.1) is 0 Å². The van der Waals surface area contributed by atoms with Gasteiger partial charge in [-0.1, -0.05) is 63.1 Å². The van der Waals surface area contributed by atoms with Gasteiger partial charge in [0.2, 0.25) is 0 Å². The van der Waals surface area contributed by atoms with Crippen LogP contribution < -0.4 is 25.1 Å². The average molecular weight is 536 g/mol. The summed E-state index contributed by atoms with van der Waals surface area (Å²) in [5, 5.41) is 0.687. The minimum absolute atomic E-state index is 0.687. The van der Waals surface area contributed by atoms with Crippen LogP contribution in [-0.2, 0) is 5.54 Å². The number of hydrogen-bond acceptors (Lipinski definition) is 5. The molecule has 7 heteroatoms. The van der Waals surface area contributed by atoms with Crippen molar-refractivity contribution in [3.05, 3.63) is 89.5 Å². The zero-order chi connectivity index (χ0) is 27.4. The molecule has 6 nitrogen and oxygen atoms in total. The first-order valence-corrected chi connectivity index (χ1v) is 13.7. The third-order valence-corrected chi connectivity index (χ3v) is 7.14. The van der Waals surface area contributed by atoms with Crippen LogP contribution in [0.5, 0.6) is 17.2 Å². The molecule has 0 bridgehead atoms. The van der Waals surface area contributed by atoms with E-state index in [4.69, 9.17) is 26.4 Å². The highest BCUT2D eigenvalue weighted by Gasteiger charge is 2.37. The summed E-state index contributed by atoms with van der Waals surface area (Å²) >= 11 is 5.93. The van der Waals surface area contributed by atoms with E-state index in [9.17, 15) is 0 Å². The Morgan fingerprint density at radius 1 is 0.658 bits per heavy atom. The zero-order valence-electron chi connectivity index (χ0n) is 23.3. The van der Waals surface area contributed by atoms with E-state index in [0.29, 0.717) is 5.11 Å². The molecular formula is C31H41N3O3S. The van der Waals surface area contributed by atoms with Gasteiger partial charge in [0.1, 0.15) is 22.8 Å². The summed E-state index contributed by atoms with van der Waals surface area (Å²) in [7, 11) is 5.03. The highest BCUT2D eigenvalue weighted by Crippen LogP contribution is 2.38. The second-order valence-electron chi connectivity index (χ2n) is 9.18. The summed E-state index contributed by atoms with van der Waals surface area (Å²) < 4.78 is 16.4. The molecule has 0 saturated carbocycles. The Morgan fingerprint density at radius 2 is 1.00 bits per heavy atom. The van der Waals surface area contributed by atoms with E-state index in [-0.39, 0.29) is 0 Å². The fourth-order valence-corrected chi connectivity index (χ4v) is 4.71. The molecule has 0 radical (unpaired) electrons. The molecule has 204 valence electrons. The summed E-state index contributed by atoms with van der Waals surface area (Å²) in [5.41, 5.74) is 9.40. The summed E-state index contributed by atoms with van der Waals surface area (Å²) in [5.74, 6) is 2.38. The molecule has 3 rings (SSSR count). The number of methoxy groups -OCH3 is 3. The van der Waals surface area contributed by atoms with Gasteiger partial charge in [-0.05, 0) is 78.1 Å². The second-order valence-corrected chi connectivity index (χ2v) is 9.57. The minimum atomic E-state index is -0.782. The number of nitrogens with one attached hydrogen (secondary N) is 2. The Balaban J connectivity index is 2.12. The Labute approximate surface area is 233 Å². The monoisotopic (exact) mass is 535 g/mol. The number of hydrazine groups is 1. The molecule has 3 aromatic carbocycles. The molecule has 0 aromatic heterocycles. The highest BCUT2D eigenvalue weighted by molar-refractivity contribution is 7.80. The normalized spacial score (nSPS) is 11.1. The standard InChI is InChI=1S/C31H41N3O3S/c1-6-8-22-34(23-9-7-2)30(38)32-33-31(24-10-16-27(35-3)17-11-24,25-12-18-28(36-4)19-13-25)26-14-20-29(37-5)21-15-26/h10-21,33H,6-9,22-23H2,1-5H3,(H,32,38). The van der Waals surface area contributed by atoms with Crippen LogP contribution in [0.15, 0.2) is 72.8 Å². The number of rotatable bonds is 14. The second kappa shape index (κ2) is 14.6. The van der Waals surface area contributed by atoms with Crippen molar-refractivity contribution in [3.63, 3.8) is 0 Å². The van der Waals surface area contributed by atoms with Crippen LogP contribution in [0.2, 0.25) is 0 Å². The van der Waals surface area contributed by atoms with Gasteiger partial charge in [-0.15, -0.1) is 0 Å². The summed E-state index contributed by atoms with van der Waals surface area (Å²) in [4.78, 5) is 2.26. The molecule has 0 aliphatic heterocycles. The van der Waals surface area contributed by atoms with E-state index < -0.39 is 5.54 Å². The molecule has 0 heterocycles. The lowest BCUT2D eigenvalue weighted by Gasteiger charge is -2.38. The molecule has 2 N–H and O–H groups in total. The van der Waals surface area contributed by atoms with Crippen LogP contribution >= 0.6 is 12.2 Å². The van der Waals surface area contributed by atoms with Gasteiger partial charge in [-0.25, -0.2) is 5.43 Å². The van der Waals surface area contributed by atoms with Gasteiger partial charge in [0, 0.05) is 13.1 Å². The van der Waals surface area contributed by atoms with Gasteiger partial charge < -0.3 is 19.1 Å². The molecule has 38 heavy (non-hydrogen) atoms. The fraction of sp³-hybridized carbons (Fsp3) is 0.387. The predicted octanol–water partition coefficient (Wildman–Crippen LogP) is 6.29. The summed E-state index contributed by atoms with van der Waals surface area (Å²) in [6.45, 7) is 6.25. The van der Waals surface area contributed by atoms with Crippen molar-refractivity contribution in [2.75, 3.05) is 34.4 Å². The van der Waals surface area contributed by atoms with Gasteiger partial charge in [-0.2, -0.15) is 0 Å². The van der Waals surface area contributed by atoms with Crippen molar-refractivity contribution < 1.29 is 14.2 Å². The Kier molecular flexibility index (Phi) is 11.2. The topological polar surface area (TPSA) is 55.0 Å². The van der Waals surface area contributed by atoms with Crippen molar-refractivity contribution >= 4 is 17.3 Å². The van der Waals surface area contributed by atoms with Crippen molar-refractivity contribution in [3.8, 4) is 17.2 Å². The number of nitrogens with zero attached hydrogens (tertiary/aromatic N) is 1. The lowest BCUT2D eigenvalue weighted by molar-refractivity contribution is 0.365. The van der Waals surface area contributed by atoms with Crippen LogP contribution in [0.3, 0.4) is 0 Å². The number of ether oxygens (including phenoxy) is 3. The van der Waals surface area contributed by atoms with E-state index in [2.05, 4.69) is 66.0 Å². The number of hydrogen-bond donors (Lipinski definition) is 2. The van der Waals surface area contributed by atoms with E-state index in [1.165, 1.54) is 0 Å². The SMILES string of the molecule is CCCCN(CCCC)C(=S)NNC(c1ccc(OC)cc1)(c1ccc(OC)cc1)c1ccc(OC)cc1. The van der Waals surface area contributed by atoms with Crippen molar-refractivity contribution in [1.82, 2.24) is 15.8 Å². The van der Waals surface area contributed by atoms with E-state index in [0.717, 1.165) is 72.7 Å². The molecule has 0 aliphatic carbocycles. The molecule has 0 atom stereocenters. The molecule has 0 saturated heterocycles. The number of benzene rings is 3. The lowest BCUT2D eigenvalue weighted by Crippen LogP contribution is -2.56. The van der Waals surface area contributed by atoms with Gasteiger partial charge in [-0.3, -0.25) is 5.43 Å². The van der Waals surface area contributed by atoms with E-state index >= 15 is 0 Å². The van der Waals surface area contributed by atoms with Crippen LogP contribution in [0.25, 0.3) is 0 Å². The summed E-state index contributed by atoms with van der Waals surface area (Å²) in [6.07, 6.45) is 4.41. The first kappa shape index (κ1) is 29.3. The Bertz CT molecular complexity index is 995. The molecular weight excluding hydrogens is 494 g/mol. The first-order valence-electron chi connectivity index (χ1n) is 13.3. The van der Waals surface area contributed by atoms with Gasteiger partial charge in [0.25, 0.3) is 0 Å². The van der Waals surface area contributed by atoms with Crippen LogP contribution in [-0.4, -0.2) is 44.4 Å². The number of thiocarbonyl (C=S) groups is 1. The van der Waals surface area contributed by atoms with Crippen molar-refractivity contribution in [1.29, 1.82) is 0 Å². The van der Waals surface area contributed by atoms with E-state index in [1.807, 2.05) is 36.4 Å². The van der Waals surface area contributed by atoms with Gasteiger partial charge >= 0.3 is 0 Å². The molecule has 0 fully saturated rings. The van der Waals surface area contributed by atoms with Crippen molar-refractivity contribution in [2.24, 2.45) is 0 Å². The summed E-state index contributed by atoms with van der Waals surface area (Å²) in [6, 6.07) is 24.4.